The highest BCUT2D eigenvalue weighted by Gasteiger charge is 2.41. The van der Waals surface area contributed by atoms with Crippen LogP contribution in [0.5, 0.6) is 0 Å². The Bertz CT molecular complexity index is 619. The Morgan fingerprint density at radius 1 is 1.40 bits per heavy atom. The van der Waals surface area contributed by atoms with E-state index in [1.54, 1.807) is 36.0 Å². The van der Waals surface area contributed by atoms with Crippen molar-refractivity contribution in [3.63, 3.8) is 0 Å². The van der Waals surface area contributed by atoms with Crippen molar-refractivity contribution in [3.8, 4) is 0 Å². The molecule has 138 valence electrons. The summed E-state index contributed by atoms with van der Waals surface area (Å²) in [4.78, 5) is 23.9. The number of rotatable bonds is 5. The normalized spacial score (nSPS) is 17.8. The lowest BCUT2D eigenvalue weighted by Crippen LogP contribution is -2.39. The van der Waals surface area contributed by atoms with Gasteiger partial charge in [0.05, 0.1) is 0 Å². The molecule has 9 heteroatoms. The second-order valence-corrected chi connectivity index (χ2v) is 6.99. The van der Waals surface area contributed by atoms with Gasteiger partial charge in [0.1, 0.15) is 0 Å². The van der Waals surface area contributed by atoms with Crippen LogP contribution >= 0.6 is 11.8 Å². The minimum atomic E-state index is -4.90. The third-order valence-corrected chi connectivity index (χ3v) is 4.78. The molecule has 0 bridgehead atoms. The average Bonchev–Trinajstić information content (AvgIpc) is 2.54. The largest absolute Gasteiger partial charge is 0.471 e. The zero-order valence-corrected chi connectivity index (χ0v) is 14.5. The maximum atomic E-state index is 12.4. The lowest BCUT2D eigenvalue weighted by atomic mass is 10.1. The molecule has 1 aliphatic rings. The van der Waals surface area contributed by atoms with Crippen molar-refractivity contribution in [2.24, 2.45) is 0 Å². The molecule has 1 fully saturated rings. The molecule has 1 atom stereocenters. The molecule has 2 N–H and O–H groups in total. The smallest absolute Gasteiger partial charge is 0.334 e. The minimum Gasteiger partial charge on any atom is -0.334 e. The first-order chi connectivity index (χ1) is 11.8. The highest BCUT2D eigenvalue weighted by molar-refractivity contribution is 7.99. The van der Waals surface area contributed by atoms with E-state index < -0.39 is 12.1 Å². The van der Waals surface area contributed by atoms with Crippen molar-refractivity contribution in [3.05, 3.63) is 29.8 Å². The van der Waals surface area contributed by atoms with Crippen molar-refractivity contribution in [2.45, 2.75) is 25.2 Å². The van der Waals surface area contributed by atoms with Gasteiger partial charge < -0.3 is 15.5 Å². The topological polar surface area (TPSA) is 61.4 Å². The number of nitrogens with one attached hydrogen (secondary N) is 2. The number of anilines is 1. The summed E-state index contributed by atoms with van der Waals surface area (Å²) < 4.78 is 37.3. The van der Waals surface area contributed by atoms with Crippen LogP contribution in [0.1, 0.15) is 12.0 Å². The molecule has 1 aromatic carbocycles. The summed E-state index contributed by atoms with van der Waals surface area (Å²) in [6.45, 7) is 0.681. The second kappa shape index (κ2) is 8.57. The number of thioether (sulfide) groups is 1. The van der Waals surface area contributed by atoms with Gasteiger partial charge in [0, 0.05) is 49.8 Å². The first-order valence-corrected chi connectivity index (χ1v) is 8.93. The third-order valence-electron chi connectivity index (χ3n) is 3.65. The number of halogens is 3. The van der Waals surface area contributed by atoms with Crippen molar-refractivity contribution < 1.29 is 22.8 Å². The summed E-state index contributed by atoms with van der Waals surface area (Å²) in [5, 5.41) is 6.02. The standard InChI is InChI=1S/C16H20F3N3O2S/c1-22(15(24)16(17,18)19)9-11-3-2-4-12(7-11)21-14(23)8-13-10-25-6-5-20-13/h2-4,7,13,20H,5-6,8-10H2,1H3,(H,21,23). The van der Waals surface area contributed by atoms with Crippen LogP contribution in [0.15, 0.2) is 24.3 Å². The summed E-state index contributed by atoms with van der Waals surface area (Å²) >= 11 is 1.79. The van der Waals surface area contributed by atoms with Crippen molar-refractivity contribution in [1.82, 2.24) is 10.2 Å². The van der Waals surface area contributed by atoms with Gasteiger partial charge in [-0.05, 0) is 17.7 Å². The maximum Gasteiger partial charge on any atom is 0.471 e. The van der Waals surface area contributed by atoms with Crippen LogP contribution in [-0.2, 0) is 16.1 Å². The molecule has 0 saturated carbocycles. The number of hydrogen-bond acceptors (Lipinski definition) is 4. The Hall–Kier alpha value is -1.74. The fourth-order valence-electron chi connectivity index (χ4n) is 2.50. The molecule has 1 saturated heterocycles. The fraction of sp³-hybridized carbons (Fsp3) is 0.500. The maximum absolute atomic E-state index is 12.4. The molecule has 0 aliphatic carbocycles. The number of carbonyl (C=O) groups excluding carboxylic acids is 2. The zero-order valence-electron chi connectivity index (χ0n) is 13.7. The van der Waals surface area contributed by atoms with Gasteiger partial charge in [-0.1, -0.05) is 12.1 Å². The fourth-order valence-corrected chi connectivity index (χ4v) is 3.45. The lowest BCUT2D eigenvalue weighted by molar-refractivity contribution is -0.184. The Morgan fingerprint density at radius 3 is 2.80 bits per heavy atom. The predicted octanol–water partition coefficient (Wildman–Crippen LogP) is 2.24. The van der Waals surface area contributed by atoms with E-state index >= 15 is 0 Å². The Balaban J connectivity index is 1.91. The Morgan fingerprint density at radius 2 is 2.16 bits per heavy atom. The monoisotopic (exact) mass is 375 g/mol. The highest BCUT2D eigenvalue weighted by Crippen LogP contribution is 2.20. The van der Waals surface area contributed by atoms with Gasteiger partial charge in [-0.25, -0.2) is 0 Å². The zero-order chi connectivity index (χ0) is 18.4. The van der Waals surface area contributed by atoms with Gasteiger partial charge in [0.15, 0.2) is 0 Å². The van der Waals surface area contributed by atoms with E-state index in [-0.39, 0.29) is 18.5 Å². The molecule has 5 nitrogen and oxygen atoms in total. The van der Waals surface area contributed by atoms with Crippen LogP contribution < -0.4 is 10.6 Å². The average molecular weight is 375 g/mol. The molecule has 2 rings (SSSR count). The highest BCUT2D eigenvalue weighted by atomic mass is 32.2. The van der Waals surface area contributed by atoms with Gasteiger partial charge in [-0.2, -0.15) is 24.9 Å². The summed E-state index contributed by atoms with van der Waals surface area (Å²) in [6.07, 6.45) is -4.56. The number of alkyl halides is 3. The van der Waals surface area contributed by atoms with Crippen molar-refractivity contribution >= 4 is 29.3 Å². The van der Waals surface area contributed by atoms with Crippen LogP contribution in [0.25, 0.3) is 0 Å². The summed E-state index contributed by atoms with van der Waals surface area (Å²) in [6, 6.07) is 6.59. The molecule has 1 aliphatic heterocycles. The van der Waals surface area contributed by atoms with E-state index in [9.17, 15) is 22.8 Å². The molecule has 25 heavy (non-hydrogen) atoms. The van der Waals surface area contributed by atoms with E-state index in [2.05, 4.69) is 10.6 Å². The SMILES string of the molecule is CN(Cc1cccc(NC(=O)CC2CSCCN2)c1)C(=O)C(F)(F)F. The van der Waals surface area contributed by atoms with Crippen LogP contribution in [0.2, 0.25) is 0 Å². The predicted molar refractivity (Wildman–Crippen MR) is 91.3 cm³/mol. The first-order valence-electron chi connectivity index (χ1n) is 7.78. The molecule has 0 spiro atoms. The van der Waals surface area contributed by atoms with Gasteiger partial charge in [0.2, 0.25) is 5.91 Å². The van der Waals surface area contributed by atoms with E-state index in [1.165, 1.54) is 0 Å². The van der Waals surface area contributed by atoms with Crippen molar-refractivity contribution in [1.29, 1.82) is 0 Å². The summed E-state index contributed by atoms with van der Waals surface area (Å²) in [5.74, 6) is -0.151. The number of hydrogen-bond donors (Lipinski definition) is 2. The molecule has 1 heterocycles. The molecule has 0 aromatic heterocycles. The summed E-state index contributed by atoms with van der Waals surface area (Å²) in [5.41, 5.74) is 1.00. The van der Waals surface area contributed by atoms with Gasteiger partial charge in [-0.3, -0.25) is 9.59 Å². The van der Waals surface area contributed by atoms with Crippen molar-refractivity contribution in [2.75, 3.05) is 30.4 Å². The van der Waals surface area contributed by atoms with Crippen LogP contribution in [0.3, 0.4) is 0 Å². The third kappa shape index (κ3) is 6.24. The number of benzene rings is 1. The van der Waals surface area contributed by atoms with Gasteiger partial charge in [0.25, 0.3) is 0 Å². The quantitative estimate of drug-likeness (QED) is 0.829. The van der Waals surface area contributed by atoms with Gasteiger partial charge >= 0.3 is 12.1 Å². The second-order valence-electron chi connectivity index (χ2n) is 5.84. The minimum absolute atomic E-state index is 0.123. The lowest BCUT2D eigenvalue weighted by Gasteiger charge is -2.22. The Labute approximate surface area is 148 Å². The molecule has 0 radical (unpaired) electrons. The van der Waals surface area contributed by atoms with E-state index in [4.69, 9.17) is 0 Å². The summed E-state index contributed by atoms with van der Waals surface area (Å²) in [7, 11) is 1.09. The molecule has 1 aromatic rings. The number of amides is 2. The number of carbonyl (C=O) groups is 2. The Kier molecular flexibility index (Phi) is 6.71. The van der Waals surface area contributed by atoms with E-state index in [0.29, 0.717) is 22.6 Å². The molecule has 2 amide bonds. The van der Waals surface area contributed by atoms with Crippen LogP contribution in [-0.4, -0.2) is 54.0 Å². The van der Waals surface area contributed by atoms with Crippen LogP contribution in [0.4, 0.5) is 18.9 Å². The molecular weight excluding hydrogens is 355 g/mol. The molecular formula is C16H20F3N3O2S. The van der Waals surface area contributed by atoms with Gasteiger partial charge in [-0.15, -0.1) is 0 Å². The number of nitrogens with zero attached hydrogens (tertiary/aromatic N) is 1. The van der Waals surface area contributed by atoms with E-state index in [1.807, 2.05) is 0 Å². The van der Waals surface area contributed by atoms with E-state index in [0.717, 1.165) is 25.1 Å². The van der Waals surface area contributed by atoms with Crippen LogP contribution in [0, 0.1) is 0 Å². The first kappa shape index (κ1) is 19.6. The molecule has 1 unspecified atom stereocenters.